The van der Waals surface area contributed by atoms with Gasteiger partial charge in [0.1, 0.15) is 6.54 Å². The van der Waals surface area contributed by atoms with E-state index in [4.69, 9.17) is 10.8 Å². The predicted molar refractivity (Wildman–Crippen MR) is 70.2 cm³/mol. The topological polar surface area (TPSA) is 114 Å². The van der Waals surface area contributed by atoms with E-state index >= 15 is 0 Å². The van der Waals surface area contributed by atoms with Gasteiger partial charge in [0.15, 0.2) is 5.69 Å². The summed E-state index contributed by atoms with van der Waals surface area (Å²) in [6, 6.07) is 0. The molecule has 8 nitrogen and oxygen atoms in total. The van der Waals surface area contributed by atoms with Crippen molar-refractivity contribution in [2.75, 3.05) is 19.6 Å². The van der Waals surface area contributed by atoms with Gasteiger partial charge in [-0.15, -0.1) is 5.10 Å². The Morgan fingerprint density at radius 2 is 1.95 bits per heavy atom. The highest BCUT2D eigenvalue weighted by Crippen LogP contribution is 2.11. The van der Waals surface area contributed by atoms with E-state index in [1.807, 2.05) is 0 Å². The molecule has 8 heteroatoms. The smallest absolute Gasteiger partial charge is 0.358 e. The van der Waals surface area contributed by atoms with Gasteiger partial charge in [0, 0.05) is 19.5 Å². The van der Waals surface area contributed by atoms with Gasteiger partial charge in [-0.05, 0) is 25.8 Å². The molecule has 110 valence electrons. The second-order valence-electron chi connectivity index (χ2n) is 4.83. The molecule has 2 heterocycles. The van der Waals surface area contributed by atoms with Gasteiger partial charge in [-0.2, -0.15) is 0 Å². The number of carbonyl (C=O) groups excluding carboxylic acids is 1. The van der Waals surface area contributed by atoms with Gasteiger partial charge in [0.25, 0.3) is 0 Å². The molecule has 0 bridgehead atoms. The van der Waals surface area contributed by atoms with Gasteiger partial charge in [-0.1, -0.05) is 5.21 Å². The summed E-state index contributed by atoms with van der Waals surface area (Å²) in [4.78, 5) is 25.0. The van der Waals surface area contributed by atoms with Gasteiger partial charge in [-0.3, -0.25) is 4.79 Å². The SMILES string of the molecule is NCCc1c(C(=O)O)nnn1CC(=O)N1CCCCC1. The molecule has 0 aromatic carbocycles. The van der Waals surface area contributed by atoms with E-state index in [1.54, 1.807) is 4.90 Å². The number of amides is 1. The van der Waals surface area contributed by atoms with Crippen LogP contribution >= 0.6 is 0 Å². The fourth-order valence-electron chi connectivity index (χ4n) is 2.38. The van der Waals surface area contributed by atoms with Crippen molar-refractivity contribution >= 4 is 11.9 Å². The third kappa shape index (κ3) is 3.13. The third-order valence-corrected chi connectivity index (χ3v) is 3.42. The molecule has 3 N–H and O–H groups in total. The normalized spacial score (nSPS) is 15.3. The molecule has 1 fully saturated rings. The van der Waals surface area contributed by atoms with Crippen LogP contribution in [0.5, 0.6) is 0 Å². The molecule has 0 radical (unpaired) electrons. The quantitative estimate of drug-likeness (QED) is 0.751. The van der Waals surface area contributed by atoms with E-state index in [9.17, 15) is 9.59 Å². The van der Waals surface area contributed by atoms with Crippen molar-refractivity contribution in [1.29, 1.82) is 0 Å². The summed E-state index contributed by atoms with van der Waals surface area (Å²) in [5.41, 5.74) is 5.76. The van der Waals surface area contributed by atoms with Gasteiger partial charge in [-0.25, -0.2) is 9.48 Å². The Balaban J connectivity index is 2.11. The minimum Gasteiger partial charge on any atom is -0.476 e. The van der Waals surface area contributed by atoms with Crippen molar-refractivity contribution in [3.05, 3.63) is 11.4 Å². The summed E-state index contributed by atoms with van der Waals surface area (Å²) in [6.45, 7) is 1.82. The fourth-order valence-corrected chi connectivity index (χ4v) is 2.38. The standard InChI is InChI=1S/C12H19N5O3/c13-5-4-9-11(12(19)20)14-15-17(9)8-10(18)16-6-2-1-3-7-16/h1-8,13H2,(H,19,20). The molecular formula is C12H19N5O3. The van der Waals surface area contributed by atoms with Crippen molar-refractivity contribution in [2.45, 2.75) is 32.2 Å². The number of carbonyl (C=O) groups is 2. The molecule has 0 saturated carbocycles. The van der Waals surface area contributed by atoms with Crippen LogP contribution in [0.4, 0.5) is 0 Å². The average Bonchev–Trinajstić information content (AvgIpc) is 2.83. The number of hydrogen-bond acceptors (Lipinski definition) is 5. The zero-order valence-corrected chi connectivity index (χ0v) is 11.3. The maximum atomic E-state index is 12.2. The van der Waals surface area contributed by atoms with Crippen molar-refractivity contribution in [2.24, 2.45) is 5.73 Å². The average molecular weight is 281 g/mol. The highest BCUT2D eigenvalue weighted by molar-refractivity contribution is 5.86. The summed E-state index contributed by atoms with van der Waals surface area (Å²) < 4.78 is 1.35. The van der Waals surface area contributed by atoms with Crippen LogP contribution in [0.1, 0.15) is 35.4 Å². The molecule has 1 aromatic rings. The Labute approximate surface area is 116 Å². The second kappa shape index (κ2) is 6.47. The van der Waals surface area contributed by atoms with Gasteiger partial charge in [0.2, 0.25) is 5.91 Å². The van der Waals surface area contributed by atoms with E-state index in [0.717, 1.165) is 32.4 Å². The van der Waals surface area contributed by atoms with Crippen LogP contribution in [0.15, 0.2) is 0 Å². The summed E-state index contributed by atoms with van der Waals surface area (Å²) in [5.74, 6) is -1.20. The monoisotopic (exact) mass is 281 g/mol. The largest absolute Gasteiger partial charge is 0.476 e. The molecule has 0 unspecified atom stereocenters. The lowest BCUT2D eigenvalue weighted by Crippen LogP contribution is -2.38. The maximum Gasteiger partial charge on any atom is 0.358 e. The van der Waals surface area contributed by atoms with Crippen LogP contribution in [0, 0.1) is 0 Å². The molecular weight excluding hydrogens is 262 g/mol. The number of carboxylic acid groups (broad SMARTS) is 1. The number of likely N-dealkylation sites (tertiary alicyclic amines) is 1. The zero-order chi connectivity index (χ0) is 14.5. The van der Waals surface area contributed by atoms with Crippen LogP contribution in [-0.2, 0) is 17.8 Å². The summed E-state index contributed by atoms with van der Waals surface area (Å²) in [6.07, 6.45) is 3.51. The van der Waals surface area contributed by atoms with Gasteiger partial charge in [0.05, 0.1) is 5.69 Å². The number of rotatable bonds is 5. The predicted octanol–water partition coefficient (Wildman–Crippen LogP) is -0.510. The number of carboxylic acids is 1. The zero-order valence-electron chi connectivity index (χ0n) is 11.3. The molecule has 0 spiro atoms. The molecule has 1 amide bonds. The number of piperidine rings is 1. The molecule has 0 atom stereocenters. The highest BCUT2D eigenvalue weighted by Gasteiger charge is 2.22. The number of nitrogens with two attached hydrogens (primary N) is 1. The van der Waals surface area contributed by atoms with E-state index in [0.29, 0.717) is 12.1 Å². The minimum atomic E-state index is -1.15. The van der Waals surface area contributed by atoms with Gasteiger partial charge < -0.3 is 15.7 Å². The fraction of sp³-hybridized carbons (Fsp3) is 0.667. The van der Waals surface area contributed by atoms with Crippen molar-refractivity contribution in [1.82, 2.24) is 19.9 Å². The minimum absolute atomic E-state index is 0.0234. The van der Waals surface area contributed by atoms with Crippen molar-refractivity contribution in [3.8, 4) is 0 Å². The van der Waals surface area contributed by atoms with E-state index < -0.39 is 5.97 Å². The Kier molecular flexibility index (Phi) is 4.67. The molecule has 1 saturated heterocycles. The van der Waals surface area contributed by atoms with E-state index in [2.05, 4.69) is 10.3 Å². The van der Waals surface area contributed by atoms with E-state index in [1.165, 1.54) is 4.68 Å². The number of aromatic nitrogens is 3. The Hall–Kier alpha value is -1.96. The molecule has 1 aliphatic heterocycles. The lowest BCUT2D eigenvalue weighted by Gasteiger charge is -2.26. The van der Waals surface area contributed by atoms with Crippen LogP contribution < -0.4 is 5.73 Å². The van der Waals surface area contributed by atoms with E-state index in [-0.39, 0.29) is 24.7 Å². The Morgan fingerprint density at radius 1 is 1.25 bits per heavy atom. The molecule has 1 aromatic heterocycles. The Bertz CT molecular complexity index is 493. The van der Waals surface area contributed by atoms with Crippen LogP contribution in [-0.4, -0.2) is 56.5 Å². The number of nitrogens with zero attached hydrogens (tertiary/aromatic N) is 4. The first-order valence-corrected chi connectivity index (χ1v) is 6.77. The summed E-state index contributed by atoms with van der Waals surface area (Å²) in [5, 5.41) is 16.4. The molecule has 2 rings (SSSR count). The third-order valence-electron chi connectivity index (χ3n) is 3.42. The summed E-state index contributed by atoms with van der Waals surface area (Å²) in [7, 11) is 0. The van der Waals surface area contributed by atoms with Gasteiger partial charge >= 0.3 is 5.97 Å². The first-order chi connectivity index (χ1) is 9.63. The second-order valence-corrected chi connectivity index (χ2v) is 4.83. The first kappa shape index (κ1) is 14.4. The molecule has 0 aliphatic carbocycles. The van der Waals surface area contributed by atoms with Crippen LogP contribution in [0.2, 0.25) is 0 Å². The first-order valence-electron chi connectivity index (χ1n) is 6.77. The molecule has 20 heavy (non-hydrogen) atoms. The maximum absolute atomic E-state index is 12.2. The lowest BCUT2D eigenvalue weighted by atomic mass is 10.1. The highest BCUT2D eigenvalue weighted by atomic mass is 16.4. The van der Waals surface area contributed by atoms with Crippen molar-refractivity contribution in [3.63, 3.8) is 0 Å². The summed E-state index contributed by atoms with van der Waals surface area (Å²) >= 11 is 0. The number of aromatic carboxylic acids is 1. The van der Waals surface area contributed by atoms with Crippen molar-refractivity contribution < 1.29 is 14.7 Å². The number of hydrogen-bond donors (Lipinski definition) is 2. The van der Waals surface area contributed by atoms with Crippen LogP contribution in [0.3, 0.4) is 0 Å². The van der Waals surface area contributed by atoms with Crippen LogP contribution in [0.25, 0.3) is 0 Å². The Morgan fingerprint density at radius 3 is 2.55 bits per heavy atom. The molecule has 1 aliphatic rings. The lowest BCUT2D eigenvalue weighted by molar-refractivity contribution is -0.133.